The molecular weight excluding hydrogens is 242 g/mol. The molecule has 5 nitrogen and oxygen atoms in total. The molecule has 1 aromatic rings. The Morgan fingerprint density at radius 2 is 2.37 bits per heavy atom. The lowest BCUT2D eigenvalue weighted by Gasteiger charge is -2.33. The summed E-state index contributed by atoms with van der Waals surface area (Å²) in [6.45, 7) is 5.69. The first-order valence-corrected chi connectivity index (χ1v) is 7.02. The molecule has 0 aromatic carbocycles. The van der Waals surface area contributed by atoms with Gasteiger partial charge in [-0.05, 0) is 39.2 Å². The van der Waals surface area contributed by atoms with E-state index in [-0.39, 0.29) is 5.78 Å². The summed E-state index contributed by atoms with van der Waals surface area (Å²) in [6.07, 6.45) is 5.66. The van der Waals surface area contributed by atoms with Crippen molar-refractivity contribution in [3.05, 3.63) is 11.9 Å². The van der Waals surface area contributed by atoms with Crippen molar-refractivity contribution in [3.63, 3.8) is 0 Å². The molecule has 2 rings (SSSR count). The van der Waals surface area contributed by atoms with Crippen LogP contribution in [0.2, 0.25) is 0 Å². The lowest BCUT2D eigenvalue weighted by Crippen LogP contribution is -2.52. The first-order chi connectivity index (χ1) is 9.12. The molecule has 0 radical (unpaired) electrons. The van der Waals surface area contributed by atoms with Gasteiger partial charge in [0.25, 0.3) is 0 Å². The smallest absolute Gasteiger partial charge is 0.204 e. The maximum absolute atomic E-state index is 12.9. The van der Waals surface area contributed by atoms with E-state index in [9.17, 15) is 4.79 Å². The Kier molecular flexibility index (Phi) is 4.24. The summed E-state index contributed by atoms with van der Waals surface area (Å²) in [5, 5.41) is 7.62. The summed E-state index contributed by atoms with van der Waals surface area (Å²) < 4.78 is 7.06. The third kappa shape index (κ3) is 2.66. The molecule has 1 saturated heterocycles. The number of ketones is 1. The molecule has 0 amide bonds. The van der Waals surface area contributed by atoms with Crippen molar-refractivity contribution in [1.82, 2.24) is 15.1 Å². The van der Waals surface area contributed by atoms with Crippen molar-refractivity contribution in [2.75, 3.05) is 13.7 Å². The highest BCUT2D eigenvalue weighted by Crippen LogP contribution is 2.28. The number of ether oxygens (including phenoxy) is 1. The number of piperidine rings is 1. The third-order valence-corrected chi connectivity index (χ3v) is 3.80. The van der Waals surface area contributed by atoms with E-state index in [1.165, 1.54) is 0 Å². The van der Waals surface area contributed by atoms with Crippen molar-refractivity contribution in [2.45, 2.75) is 51.6 Å². The average molecular weight is 265 g/mol. The topological polar surface area (TPSA) is 56.2 Å². The van der Waals surface area contributed by atoms with Crippen molar-refractivity contribution in [3.8, 4) is 5.75 Å². The highest BCUT2D eigenvalue weighted by molar-refractivity contribution is 6.03. The Bertz CT molecular complexity index is 448. The minimum absolute atomic E-state index is 0.0926. The Balaban J connectivity index is 2.33. The molecule has 0 saturated carbocycles. The van der Waals surface area contributed by atoms with E-state index in [2.05, 4.69) is 17.3 Å². The molecule has 1 aromatic heterocycles. The molecule has 1 aliphatic heterocycles. The summed E-state index contributed by atoms with van der Waals surface area (Å²) in [7, 11) is 1.58. The molecule has 0 spiro atoms. The predicted molar refractivity (Wildman–Crippen MR) is 73.7 cm³/mol. The van der Waals surface area contributed by atoms with Crippen LogP contribution in [-0.4, -0.2) is 34.8 Å². The lowest BCUT2D eigenvalue weighted by atomic mass is 9.85. The third-order valence-electron chi connectivity index (χ3n) is 3.80. The number of carbonyl (C=O) groups excluding carboxylic acids is 1. The largest absolute Gasteiger partial charge is 0.493 e. The maximum Gasteiger partial charge on any atom is 0.204 e. The second kappa shape index (κ2) is 5.74. The van der Waals surface area contributed by atoms with E-state index in [0.717, 1.165) is 38.8 Å². The number of Topliss-reactive ketones (excluding diaryl/α,β-unsaturated/α-hetero) is 1. The van der Waals surface area contributed by atoms with Crippen LogP contribution >= 0.6 is 0 Å². The fraction of sp³-hybridized carbons (Fsp3) is 0.714. The lowest BCUT2D eigenvalue weighted by molar-refractivity contribution is 0.0819. The summed E-state index contributed by atoms with van der Waals surface area (Å²) >= 11 is 0. The van der Waals surface area contributed by atoms with E-state index in [4.69, 9.17) is 4.74 Å². The number of methoxy groups -OCH3 is 1. The van der Waals surface area contributed by atoms with E-state index in [1.54, 1.807) is 18.0 Å². The second-order valence-electron chi connectivity index (χ2n) is 5.33. The van der Waals surface area contributed by atoms with Crippen LogP contribution in [0.25, 0.3) is 0 Å². The van der Waals surface area contributed by atoms with Gasteiger partial charge in [-0.2, -0.15) is 5.10 Å². The van der Waals surface area contributed by atoms with E-state index in [0.29, 0.717) is 11.4 Å². The molecule has 1 aliphatic rings. The van der Waals surface area contributed by atoms with Gasteiger partial charge < -0.3 is 10.1 Å². The minimum atomic E-state index is -0.489. The Labute approximate surface area is 114 Å². The predicted octanol–water partition coefficient (Wildman–Crippen LogP) is 2.02. The average Bonchev–Trinajstić information content (AvgIpc) is 2.82. The van der Waals surface area contributed by atoms with Gasteiger partial charge in [0.2, 0.25) is 5.78 Å². The first kappa shape index (κ1) is 14.1. The molecule has 5 heteroatoms. The first-order valence-electron chi connectivity index (χ1n) is 7.02. The van der Waals surface area contributed by atoms with Crippen LogP contribution < -0.4 is 10.1 Å². The quantitative estimate of drug-likeness (QED) is 0.828. The van der Waals surface area contributed by atoms with E-state index in [1.807, 2.05) is 6.92 Å². The van der Waals surface area contributed by atoms with Gasteiger partial charge in [-0.15, -0.1) is 0 Å². The SMILES string of the molecule is CCCn1ncc(OC)c1C(=O)C1(C)CCCCN1. The molecule has 1 unspecified atom stereocenters. The van der Waals surface area contributed by atoms with Gasteiger partial charge in [-0.1, -0.05) is 6.92 Å². The van der Waals surface area contributed by atoms with Gasteiger partial charge in [0.1, 0.15) is 5.69 Å². The zero-order valence-corrected chi connectivity index (χ0v) is 12.0. The number of hydrogen-bond donors (Lipinski definition) is 1. The normalized spacial score (nSPS) is 23.3. The number of rotatable bonds is 5. The molecular formula is C14H23N3O2. The van der Waals surface area contributed by atoms with Crippen molar-refractivity contribution >= 4 is 5.78 Å². The fourth-order valence-corrected chi connectivity index (χ4v) is 2.64. The van der Waals surface area contributed by atoms with Crippen LogP contribution in [0, 0.1) is 0 Å². The number of carbonyl (C=O) groups is 1. The summed E-state index contributed by atoms with van der Waals surface area (Å²) in [5.74, 6) is 0.669. The molecule has 0 bridgehead atoms. The van der Waals surface area contributed by atoms with Crippen LogP contribution in [0.3, 0.4) is 0 Å². The number of nitrogens with zero attached hydrogens (tertiary/aromatic N) is 2. The number of hydrogen-bond acceptors (Lipinski definition) is 4. The van der Waals surface area contributed by atoms with Crippen LogP contribution in [0.5, 0.6) is 5.75 Å². The molecule has 106 valence electrons. The monoisotopic (exact) mass is 265 g/mol. The van der Waals surface area contributed by atoms with Crippen LogP contribution in [0.4, 0.5) is 0 Å². The summed E-state index contributed by atoms with van der Waals surface area (Å²) in [6, 6.07) is 0. The van der Waals surface area contributed by atoms with Gasteiger partial charge in [0.05, 0.1) is 18.8 Å². The van der Waals surface area contributed by atoms with Gasteiger partial charge in [-0.25, -0.2) is 0 Å². The summed E-state index contributed by atoms with van der Waals surface area (Å²) in [4.78, 5) is 12.9. The highest BCUT2D eigenvalue weighted by Gasteiger charge is 2.38. The Hall–Kier alpha value is -1.36. The number of aromatic nitrogens is 2. The van der Waals surface area contributed by atoms with Crippen molar-refractivity contribution in [2.24, 2.45) is 0 Å². The maximum atomic E-state index is 12.9. The molecule has 1 fully saturated rings. The molecule has 1 N–H and O–H groups in total. The minimum Gasteiger partial charge on any atom is -0.493 e. The number of aryl methyl sites for hydroxylation is 1. The second-order valence-corrected chi connectivity index (χ2v) is 5.33. The van der Waals surface area contributed by atoms with Crippen molar-refractivity contribution in [1.29, 1.82) is 0 Å². The molecule has 19 heavy (non-hydrogen) atoms. The standard InChI is InChI=1S/C14H23N3O2/c1-4-9-17-12(11(19-3)10-16-17)13(18)14(2)7-5-6-8-15-14/h10,15H,4-9H2,1-3H3. The van der Waals surface area contributed by atoms with Crippen LogP contribution in [0.15, 0.2) is 6.20 Å². The zero-order chi connectivity index (χ0) is 13.9. The van der Waals surface area contributed by atoms with Gasteiger partial charge >= 0.3 is 0 Å². The van der Waals surface area contributed by atoms with Gasteiger partial charge in [0.15, 0.2) is 5.75 Å². The van der Waals surface area contributed by atoms with E-state index < -0.39 is 5.54 Å². The van der Waals surface area contributed by atoms with Gasteiger partial charge in [-0.3, -0.25) is 9.48 Å². The molecule has 2 heterocycles. The molecule has 0 aliphatic carbocycles. The zero-order valence-electron chi connectivity index (χ0n) is 12.0. The Morgan fingerprint density at radius 1 is 1.58 bits per heavy atom. The highest BCUT2D eigenvalue weighted by atomic mass is 16.5. The van der Waals surface area contributed by atoms with Gasteiger partial charge in [0, 0.05) is 6.54 Å². The fourth-order valence-electron chi connectivity index (χ4n) is 2.64. The summed E-state index contributed by atoms with van der Waals surface area (Å²) in [5.41, 5.74) is 0.109. The van der Waals surface area contributed by atoms with Crippen molar-refractivity contribution < 1.29 is 9.53 Å². The Morgan fingerprint density at radius 3 is 2.95 bits per heavy atom. The van der Waals surface area contributed by atoms with Crippen LogP contribution in [-0.2, 0) is 6.54 Å². The van der Waals surface area contributed by atoms with Crippen LogP contribution in [0.1, 0.15) is 50.0 Å². The molecule has 1 atom stereocenters. The van der Waals surface area contributed by atoms with E-state index >= 15 is 0 Å². The number of nitrogens with one attached hydrogen (secondary N) is 1.